The van der Waals surface area contributed by atoms with Gasteiger partial charge in [-0.1, -0.05) is 12.1 Å². The highest BCUT2D eigenvalue weighted by Gasteiger charge is 2.17. The lowest BCUT2D eigenvalue weighted by atomic mass is 10.1. The second-order valence-electron chi connectivity index (χ2n) is 4.11. The van der Waals surface area contributed by atoms with Crippen LogP contribution in [0.25, 0.3) is 0 Å². The minimum atomic E-state index is -0.152. The van der Waals surface area contributed by atoms with E-state index in [1.165, 1.54) is 4.90 Å². The number of carbonyl (C=O) groups excluding carboxylic acids is 2. The number of hydrogen-bond acceptors (Lipinski definition) is 2. The number of benzene rings is 1. The van der Waals surface area contributed by atoms with Crippen molar-refractivity contribution in [1.29, 1.82) is 0 Å². The Morgan fingerprint density at radius 1 is 1.32 bits per heavy atom. The number of likely N-dealkylation sites (N-methyl/N-ethyl adjacent to an activating group) is 2. The second-order valence-corrected chi connectivity index (χ2v) is 4.37. The molecule has 4 nitrogen and oxygen atoms in total. The van der Waals surface area contributed by atoms with Gasteiger partial charge in [-0.15, -0.1) is 11.6 Å². The summed E-state index contributed by atoms with van der Waals surface area (Å²) in [5, 5.41) is 2.69. The molecule has 19 heavy (non-hydrogen) atoms. The number of nitrogens with zero attached hydrogens (tertiary/aromatic N) is 1. The van der Waals surface area contributed by atoms with Crippen molar-refractivity contribution in [3.63, 3.8) is 0 Å². The highest BCUT2D eigenvalue weighted by Crippen LogP contribution is 2.10. The maximum atomic E-state index is 12.3. The molecular weight excluding hydrogens is 264 g/mol. The summed E-state index contributed by atoms with van der Waals surface area (Å²) < 4.78 is 0. The maximum absolute atomic E-state index is 12.3. The van der Waals surface area contributed by atoms with E-state index < -0.39 is 0 Å². The zero-order chi connectivity index (χ0) is 14.3. The van der Waals surface area contributed by atoms with E-state index in [0.29, 0.717) is 24.5 Å². The summed E-state index contributed by atoms with van der Waals surface area (Å²) in [5.41, 5.74) is 1.45. The van der Waals surface area contributed by atoms with E-state index in [1.807, 2.05) is 19.9 Å². The van der Waals surface area contributed by atoms with Gasteiger partial charge in [0.15, 0.2) is 0 Å². The van der Waals surface area contributed by atoms with Gasteiger partial charge in [0.1, 0.15) is 0 Å². The molecule has 1 aromatic carbocycles. The van der Waals surface area contributed by atoms with Crippen LogP contribution in [0.1, 0.15) is 29.8 Å². The van der Waals surface area contributed by atoms with Crippen LogP contribution in [0.4, 0.5) is 0 Å². The van der Waals surface area contributed by atoms with Gasteiger partial charge < -0.3 is 10.2 Å². The summed E-state index contributed by atoms with van der Waals surface area (Å²) in [4.78, 5) is 25.3. The smallest absolute Gasteiger partial charge is 0.254 e. The van der Waals surface area contributed by atoms with Crippen LogP contribution in [0, 0.1) is 0 Å². The number of halogens is 1. The molecule has 0 aliphatic carbocycles. The number of hydrogen-bond donors (Lipinski definition) is 1. The third-order valence-electron chi connectivity index (χ3n) is 2.71. The molecule has 1 N–H and O–H groups in total. The molecule has 0 fully saturated rings. The van der Waals surface area contributed by atoms with Crippen molar-refractivity contribution in [1.82, 2.24) is 10.2 Å². The van der Waals surface area contributed by atoms with E-state index in [2.05, 4.69) is 5.32 Å². The van der Waals surface area contributed by atoms with Crippen molar-refractivity contribution in [3.8, 4) is 0 Å². The molecule has 0 saturated carbocycles. The van der Waals surface area contributed by atoms with Gasteiger partial charge in [0.05, 0.1) is 6.54 Å². The van der Waals surface area contributed by atoms with Gasteiger partial charge >= 0.3 is 0 Å². The Bertz CT molecular complexity index is 449. The first kappa shape index (κ1) is 15.5. The molecule has 0 radical (unpaired) electrons. The van der Waals surface area contributed by atoms with Gasteiger partial charge in [0.2, 0.25) is 5.91 Å². The van der Waals surface area contributed by atoms with E-state index in [0.717, 1.165) is 5.56 Å². The van der Waals surface area contributed by atoms with Crippen LogP contribution in [-0.2, 0) is 10.7 Å². The van der Waals surface area contributed by atoms with Crippen LogP contribution in [-0.4, -0.2) is 36.3 Å². The van der Waals surface area contributed by atoms with Gasteiger partial charge in [-0.3, -0.25) is 9.59 Å². The van der Waals surface area contributed by atoms with Crippen LogP contribution < -0.4 is 5.32 Å². The van der Waals surface area contributed by atoms with Crippen molar-refractivity contribution >= 4 is 23.4 Å². The molecule has 5 heteroatoms. The largest absolute Gasteiger partial charge is 0.355 e. The molecule has 0 aliphatic rings. The minimum Gasteiger partial charge on any atom is -0.355 e. The molecule has 1 rings (SSSR count). The second kappa shape index (κ2) is 7.79. The standard InChI is InChI=1S/C14H19ClN2O2/c1-3-16-13(18)10-17(4-2)14(19)12-7-5-6-11(8-12)9-15/h5-8H,3-4,9-10H2,1-2H3,(H,16,18). The minimum absolute atomic E-state index is 0.0777. The molecule has 1 aromatic rings. The number of carbonyl (C=O) groups is 2. The van der Waals surface area contributed by atoms with Crippen molar-refractivity contribution in [2.75, 3.05) is 19.6 Å². The van der Waals surface area contributed by atoms with Gasteiger partial charge in [-0.05, 0) is 31.5 Å². The quantitative estimate of drug-likeness (QED) is 0.812. The lowest BCUT2D eigenvalue weighted by molar-refractivity contribution is -0.121. The molecule has 2 amide bonds. The Balaban J connectivity index is 2.79. The van der Waals surface area contributed by atoms with E-state index in [-0.39, 0.29) is 18.4 Å². The Morgan fingerprint density at radius 2 is 2.05 bits per heavy atom. The van der Waals surface area contributed by atoms with Gasteiger partial charge in [0.25, 0.3) is 5.91 Å². The molecule has 0 aliphatic heterocycles. The van der Waals surface area contributed by atoms with Crippen molar-refractivity contribution < 1.29 is 9.59 Å². The van der Waals surface area contributed by atoms with E-state index in [4.69, 9.17) is 11.6 Å². The van der Waals surface area contributed by atoms with Gasteiger partial charge in [-0.25, -0.2) is 0 Å². The number of nitrogens with one attached hydrogen (secondary N) is 1. The molecule has 0 unspecified atom stereocenters. The number of alkyl halides is 1. The molecule has 104 valence electrons. The zero-order valence-electron chi connectivity index (χ0n) is 11.3. The Kier molecular flexibility index (Phi) is 6.36. The predicted molar refractivity (Wildman–Crippen MR) is 76.3 cm³/mol. The molecular formula is C14H19ClN2O2. The monoisotopic (exact) mass is 282 g/mol. The Hall–Kier alpha value is -1.55. The summed E-state index contributed by atoms with van der Waals surface area (Å²) in [7, 11) is 0. The highest BCUT2D eigenvalue weighted by atomic mass is 35.5. The molecule has 0 atom stereocenters. The maximum Gasteiger partial charge on any atom is 0.254 e. The summed E-state index contributed by atoms with van der Waals surface area (Å²) in [5.74, 6) is 0.0655. The number of amides is 2. The van der Waals surface area contributed by atoms with Crippen LogP contribution in [0.5, 0.6) is 0 Å². The first-order chi connectivity index (χ1) is 9.12. The van der Waals surface area contributed by atoms with E-state index in [1.54, 1.807) is 18.2 Å². The zero-order valence-corrected chi connectivity index (χ0v) is 12.0. The molecule has 0 spiro atoms. The predicted octanol–water partition coefficient (Wildman–Crippen LogP) is 2.02. The first-order valence-corrected chi connectivity index (χ1v) is 6.86. The number of rotatable bonds is 6. The molecule has 0 heterocycles. The Labute approximate surface area is 118 Å². The Morgan fingerprint density at radius 3 is 2.63 bits per heavy atom. The molecule has 0 bridgehead atoms. The highest BCUT2D eigenvalue weighted by molar-refractivity contribution is 6.17. The fourth-order valence-electron chi connectivity index (χ4n) is 1.72. The summed E-state index contributed by atoms with van der Waals surface area (Å²) in [6.45, 7) is 4.82. The topological polar surface area (TPSA) is 49.4 Å². The van der Waals surface area contributed by atoms with E-state index in [9.17, 15) is 9.59 Å². The summed E-state index contributed by atoms with van der Waals surface area (Å²) >= 11 is 5.75. The average molecular weight is 283 g/mol. The SMILES string of the molecule is CCNC(=O)CN(CC)C(=O)c1cccc(CCl)c1. The van der Waals surface area contributed by atoms with Crippen LogP contribution in [0.2, 0.25) is 0 Å². The molecule has 0 aromatic heterocycles. The van der Waals surface area contributed by atoms with Crippen LogP contribution in [0.15, 0.2) is 24.3 Å². The van der Waals surface area contributed by atoms with Crippen LogP contribution >= 0.6 is 11.6 Å². The van der Waals surface area contributed by atoms with Gasteiger partial charge in [0, 0.05) is 24.5 Å². The van der Waals surface area contributed by atoms with Crippen molar-refractivity contribution in [2.24, 2.45) is 0 Å². The van der Waals surface area contributed by atoms with Gasteiger partial charge in [-0.2, -0.15) is 0 Å². The summed E-state index contributed by atoms with van der Waals surface area (Å²) in [6, 6.07) is 7.16. The fourth-order valence-corrected chi connectivity index (χ4v) is 1.89. The first-order valence-electron chi connectivity index (χ1n) is 6.33. The third-order valence-corrected chi connectivity index (χ3v) is 3.01. The average Bonchev–Trinajstić information content (AvgIpc) is 2.44. The van der Waals surface area contributed by atoms with Crippen LogP contribution in [0.3, 0.4) is 0 Å². The fraction of sp³-hybridized carbons (Fsp3) is 0.429. The summed E-state index contributed by atoms with van der Waals surface area (Å²) in [6.07, 6.45) is 0. The molecule has 0 saturated heterocycles. The van der Waals surface area contributed by atoms with Crippen molar-refractivity contribution in [2.45, 2.75) is 19.7 Å². The lowest BCUT2D eigenvalue weighted by Crippen LogP contribution is -2.40. The lowest BCUT2D eigenvalue weighted by Gasteiger charge is -2.20. The van der Waals surface area contributed by atoms with Crippen molar-refractivity contribution in [3.05, 3.63) is 35.4 Å². The van der Waals surface area contributed by atoms with E-state index >= 15 is 0 Å². The third kappa shape index (κ3) is 4.56. The normalized spacial score (nSPS) is 10.1.